The van der Waals surface area contributed by atoms with Crippen LogP contribution in [-0.4, -0.2) is 25.8 Å². The first-order valence-corrected chi connectivity index (χ1v) is 6.62. The van der Waals surface area contributed by atoms with Crippen molar-refractivity contribution in [2.75, 3.05) is 11.6 Å². The Morgan fingerprint density at radius 1 is 1.29 bits per heavy atom. The standard InChI is InChI=1S/C10H11F2NO3S/c1-6(17(2,15)16)10(14)13-7-3-4-8(11)9(12)5-7/h3-6H,1-2H3,(H,13,14)/t6-/m1/s1. The zero-order chi connectivity index (χ0) is 13.2. The third kappa shape index (κ3) is 3.48. The fourth-order valence-corrected chi connectivity index (χ4v) is 1.46. The van der Waals surface area contributed by atoms with Crippen molar-refractivity contribution in [3.8, 4) is 0 Å². The Hall–Kier alpha value is -1.50. The maximum Gasteiger partial charge on any atom is 0.242 e. The zero-order valence-electron chi connectivity index (χ0n) is 9.20. The molecule has 1 rings (SSSR count). The Labute approximate surface area is 97.6 Å². The number of sulfone groups is 1. The molecular weight excluding hydrogens is 252 g/mol. The van der Waals surface area contributed by atoms with Crippen LogP contribution in [0.2, 0.25) is 0 Å². The van der Waals surface area contributed by atoms with Crippen LogP contribution in [0.1, 0.15) is 6.92 Å². The first kappa shape index (κ1) is 13.6. The van der Waals surface area contributed by atoms with Crippen molar-refractivity contribution in [3.05, 3.63) is 29.8 Å². The molecule has 0 aromatic heterocycles. The van der Waals surface area contributed by atoms with E-state index in [9.17, 15) is 22.0 Å². The van der Waals surface area contributed by atoms with Crippen LogP contribution in [0.5, 0.6) is 0 Å². The normalized spacial score (nSPS) is 13.2. The minimum Gasteiger partial charge on any atom is -0.325 e. The summed E-state index contributed by atoms with van der Waals surface area (Å²) < 4.78 is 47.6. The maximum atomic E-state index is 12.8. The number of hydrogen-bond donors (Lipinski definition) is 1. The summed E-state index contributed by atoms with van der Waals surface area (Å²) in [5, 5.41) is 0.937. The van der Waals surface area contributed by atoms with Gasteiger partial charge in [0.1, 0.15) is 5.25 Å². The van der Waals surface area contributed by atoms with Gasteiger partial charge in [0.2, 0.25) is 5.91 Å². The molecule has 0 fully saturated rings. The van der Waals surface area contributed by atoms with Gasteiger partial charge in [-0.1, -0.05) is 0 Å². The molecule has 0 unspecified atom stereocenters. The van der Waals surface area contributed by atoms with E-state index in [0.717, 1.165) is 24.5 Å². The third-order valence-corrected chi connectivity index (χ3v) is 3.70. The van der Waals surface area contributed by atoms with E-state index in [2.05, 4.69) is 5.32 Å². The van der Waals surface area contributed by atoms with E-state index in [1.807, 2.05) is 0 Å². The highest BCUT2D eigenvalue weighted by molar-refractivity contribution is 7.92. The van der Waals surface area contributed by atoms with Crippen molar-refractivity contribution in [2.24, 2.45) is 0 Å². The lowest BCUT2D eigenvalue weighted by Crippen LogP contribution is -2.31. The molecular formula is C10H11F2NO3S. The maximum absolute atomic E-state index is 12.8. The molecule has 0 saturated carbocycles. The summed E-state index contributed by atoms with van der Waals surface area (Å²) in [5.41, 5.74) is 0.00407. The number of halogens is 2. The van der Waals surface area contributed by atoms with Crippen LogP contribution in [0.3, 0.4) is 0 Å². The van der Waals surface area contributed by atoms with E-state index in [1.165, 1.54) is 6.92 Å². The number of carbonyl (C=O) groups is 1. The van der Waals surface area contributed by atoms with Crippen molar-refractivity contribution >= 4 is 21.4 Å². The summed E-state index contributed by atoms with van der Waals surface area (Å²) in [6, 6.07) is 2.77. The molecule has 4 nitrogen and oxygen atoms in total. The molecule has 0 radical (unpaired) electrons. The van der Waals surface area contributed by atoms with Crippen molar-refractivity contribution in [1.29, 1.82) is 0 Å². The van der Waals surface area contributed by atoms with Gasteiger partial charge in [0, 0.05) is 18.0 Å². The number of hydrogen-bond acceptors (Lipinski definition) is 3. The van der Waals surface area contributed by atoms with Gasteiger partial charge in [0.15, 0.2) is 21.5 Å². The van der Waals surface area contributed by atoms with E-state index < -0.39 is 32.6 Å². The number of amides is 1. The second-order valence-corrected chi connectivity index (χ2v) is 5.96. The number of anilines is 1. The molecule has 1 N–H and O–H groups in total. The summed E-state index contributed by atoms with van der Waals surface area (Å²) in [5.74, 6) is -2.95. The molecule has 1 aromatic carbocycles. The van der Waals surface area contributed by atoms with E-state index >= 15 is 0 Å². The zero-order valence-corrected chi connectivity index (χ0v) is 10.0. The Morgan fingerprint density at radius 3 is 2.35 bits per heavy atom. The lowest BCUT2D eigenvalue weighted by molar-refractivity contribution is -0.115. The average Bonchev–Trinajstić information content (AvgIpc) is 2.21. The van der Waals surface area contributed by atoms with E-state index in [-0.39, 0.29) is 5.69 Å². The van der Waals surface area contributed by atoms with E-state index in [4.69, 9.17) is 0 Å². The van der Waals surface area contributed by atoms with Crippen LogP contribution in [0, 0.1) is 11.6 Å². The van der Waals surface area contributed by atoms with Crippen LogP contribution in [0.4, 0.5) is 14.5 Å². The lowest BCUT2D eigenvalue weighted by Gasteiger charge is -2.10. The Morgan fingerprint density at radius 2 is 1.88 bits per heavy atom. The second-order valence-electron chi connectivity index (χ2n) is 3.59. The third-order valence-electron chi connectivity index (χ3n) is 2.20. The Bertz CT molecular complexity index is 542. The molecule has 0 saturated heterocycles. The molecule has 17 heavy (non-hydrogen) atoms. The highest BCUT2D eigenvalue weighted by atomic mass is 32.2. The van der Waals surface area contributed by atoms with Gasteiger partial charge in [-0.3, -0.25) is 4.79 Å². The van der Waals surface area contributed by atoms with Gasteiger partial charge in [-0.05, 0) is 19.1 Å². The van der Waals surface area contributed by atoms with Crippen LogP contribution in [0.25, 0.3) is 0 Å². The van der Waals surface area contributed by atoms with Gasteiger partial charge >= 0.3 is 0 Å². The Kier molecular flexibility index (Phi) is 3.82. The molecule has 0 aliphatic rings. The van der Waals surface area contributed by atoms with Crippen LogP contribution >= 0.6 is 0 Å². The van der Waals surface area contributed by atoms with Gasteiger partial charge in [0.05, 0.1) is 0 Å². The largest absolute Gasteiger partial charge is 0.325 e. The molecule has 0 bridgehead atoms. The molecule has 0 aliphatic carbocycles. The van der Waals surface area contributed by atoms with Crippen LogP contribution in [0.15, 0.2) is 18.2 Å². The fourth-order valence-electron chi connectivity index (χ4n) is 1.01. The molecule has 1 aromatic rings. The molecule has 0 spiro atoms. The van der Waals surface area contributed by atoms with Crippen molar-refractivity contribution in [2.45, 2.75) is 12.2 Å². The Balaban J connectivity index is 2.85. The highest BCUT2D eigenvalue weighted by Crippen LogP contribution is 2.14. The molecule has 1 amide bonds. The molecule has 0 heterocycles. The first-order chi connectivity index (χ1) is 7.71. The number of nitrogens with one attached hydrogen (secondary N) is 1. The first-order valence-electron chi connectivity index (χ1n) is 4.66. The minimum absolute atomic E-state index is 0.00407. The van der Waals surface area contributed by atoms with E-state index in [0.29, 0.717) is 0 Å². The lowest BCUT2D eigenvalue weighted by atomic mass is 10.3. The fraction of sp³-hybridized carbons (Fsp3) is 0.300. The van der Waals surface area contributed by atoms with Crippen molar-refractivity contribution in [3.63, 3.8) is 0 Å². The summed E-state index contributed by atoms with van der Waals surface area (Å²) >= 11 is 0. The smallest absolute Gasteiger partial charge is 0.242 e. The van der Waals surface area contributed by atoms with Crippen LogP contribution in [-0.2, 0) is 14.6 Å². The molecule has 94 valence electrons. The van der Waals surface area contributed by atoms with Gasteiger partial charge in [0.25, 0.3) is 0 Å². The van der Waals surface area contributed by atoms with Gasteiger partial charge in [-0.15, -0.1) is 0 Å². The molecule has 0 aliphatic heterocycles. The quantitative estimate of drug-likeness (QED) is 0.895. The summed E-state index contributed by atoms with van der Waals surface area (Å²) in [6.45, 7) is 1.21. The van der Waals surface area contributed by atoms with Gasteiger partial charge in [-0.2, -0.15) is 0 Å². The SMILES string of the molecule is C[C@H](C(=O)Nc1ccc(F)c(F)c1)S(C)(=O)=O. The number of benzene rings is 1. The average molecular weight is 263 g/mol. The topological polar surface area (TPSA) is 63.2 Å². The van der Waals surface area contributed by atoms with Crippen LogP contribution < -0.4 is 5.32 Å². The van der Waals surface area contributed by atoms with Crippen molar-refractivity contribution < 1.29 is 22.0 Å². The monoisotopic (exact) mass is 263 g/mol. The molecule has 1 atom stereocenters. The second kappa shape index (κ2) is 4.79. The number of carbonyl (C=O) groups excluding carboxylic acids is 1. The summed E-state index contributed by atoms with van der Waals surface area (Å²) in [7, 11) is -3.52. The summed E-state index contributed by atoms with van der Waals surface area (Å²) in [6.07, 6.45) is 0.919. The number of rotatable bonds is 3. The molecule has 7 heteroatoms. The van der Waals surface area contributed by atoms with Gasteiger partial charge < -0.3 is 5.32 Å². The highest BCUT2D eigenvalue weighted by Gasteiger charge is 2.23. The van der Waals surface area contributed by atoms with E-state index in [1.54, 1.807) is 0 Å². The minimum atomic E-state index is -3.52. The van der Waals surface area contributed by atoms with Crippen molar-refractivity contribution in [1.82, 2.24) is 0 Å². The predicted molar refractivity (Wildman–Crippen MR) is 59.3 cm³/mol. The van der Waals surface area contributed by atoms with Gasteiger partial charge in [-0.25, -0.2) is 17.2 Å². The summed E-state index contributed by atoms with van der Waals surface area (Å²) in [4.78, 5) is 11.4. The predicted octanol–water partition coefficient (Wildman–Crippen LogP) is 1.34.